The van der Waals surface area contributed by atoms with Crippen LogP contribution in [0, 0.1) is 0 Å². The van der Waals surface area contributed by atoms with E-state index in [1.54, 1.807) is 12.1 Å². The second-order valence-electron chi connectivity index (χ2n) is 4.07. The van der Waals surface area contributed by atoms with Crippen LogP contribution in [0.5, 0.6) is 5.75 Å². The van der Waals surface area contributed by atoms with Gasteiger partial charge in [0.25, 0.3) is 0 Å². The number of sulfonamides is 1. The van der Waals surface area contributed by atoms with Gasteiger partial charge in [0.05, 0.1) is 7.11 Å². The maximum atomic E-state index is 11.5. The molecule has 0 amide bonds. The topological polar surface area (TPSA) is 81.4 Å². The lowest BCUT2D eigenvalue weighted by Crippen LogP contribution is -2.16. The third kappa shape index (κ3) is 2.59. The van der Waals surface area contributed by atoms with Crippen molar-refractivity contribution >= 4 is 10.0 Å². The van der Waals surface area contributed by atoms with Crippen molar-refractivity contribution in [3.63, 3.8) is 0 Å². The lowest BCUT2D eigenvalue weighted by atomic mass is 10.0. The Bertz CT molecular complexity index is 526. The summed E-state index contributed by atoms with van der Waals surface area (Å²) >= 11 is 0. The molecule has 0 spiro atoms. The summed E-state index contributed by atoms with van der Waals surface area (Å²) in [6.07, 6.45) is 1.68. The molecule has 0 aromatic heterocycles. The van der Waals surface area contributed by atoms with E-state index < -0.39 is 10.0 Å². The quantitative estimate of drug-likeness (QED) is 0.782. The van der Waals surface area contributed by atoms with Crippen molar-refractivity contribution in [2.75, 3.05) is 20.2 Å². The molecule has 0 aliphatic carbocycles. The predicted molar refractivity (Wildman–Crippen MR) is 64.6 cm³/mol. The van der Waals surface area contributed by atoms with Crippen molar-refractivity contribution in [3.8, 4) is 5.75 Å². The van der Waals surface area contributed by atoms with Crippen molar-refractivity contribution in [1.82, 2.24) is 5.32 Å². The number of hydrogen-bond acceptors (Lipinski definition) is 4. The van der Waals surface area contributed by atoms with Gasteiger partial charge in [-0.15, -0.1) is 0 Å². The van der Waals surface area contributed by atoms with Gasteiger partial charge in [-0.3, -0.25) is 0 Å². The van der Waals surface area contributed by atoms with E-state index in [1.807, 2.05) is 0 Å². The summed E-state index contributed by atoms with van der Waals surface area (Å²) in [5.41, 5.74) is 2.15. The number of fused-ring (bicyclic) bond motifs is 1. The van der Waals surface area contributed by atoms with E-state index in [0.717, 1.165) is 37.1 Å². The van der Waals surface area contributed by atoms with Crippen LogP contribution >= 0.6 is 0 Å². The van der Waals surface area contributed by atoms with Gasteiger partial charge in [0, 0.05) is 0 Å². The molecule has 0 radical (unpaired) electrons. The number of primary sulfonamides is 1. The van der Waals surface area contributed by atoms with Gasteiger partial charge in [0.2, 0.25) is 10.0 Å². The fourth-order valence-corrected chi connectivity index (χ4v) is 2.79. The maximum absolute atomic E-state index is 11.5. The van der Waals surface area contributed by atoms with Crippen LogP contribution in [0.15, 0.2) is 17.0 Å². The van der Waals surface area contributed by atoms with Crippen LogP contribution in [0.4, 0.5) is 0 Å². The first-order valence-corrected chi connectivity index (χ1v) is 7.00. The molecule has 0 atom stereocenters. The van der Waals surface area contributed by atoms with E-state index in [0.29, 0.717) is 5.75 Å². The summed E-state index contributed by atoms with van der Waals surface area (Å²) in [7, 11) is -2.29. The Morgan fingerprint density at radius 1 is 1.24 bits per heavy atom. The molecule has 5 nitrogen and oxygen atoms in total. The van der Waals surface area contributed by atoms with Crippen molar-refractivity contribution in [2.45, 2.75) is 17.7 Å². The Balaban J connectivity index is 2.58. The van der Waals surface area contributed by atoms with Gasteiger partial charge in [-0.1, -0.05) is 0 Å². The van der Waals surface area contributed by atoms with Gasteiger partial charge in [0.1, 0.15) is 10.6 Å². The zero-order valence-electron chi connectivity index (χ0n) is 9.69. The molecule has 1 heterocycles. The SMILES string of the molecule is COc1cc2c(cc1S(N)(=O)=O)CCNCC2. The first-order valence-electron chi connectivity index (χ1n) is 5.45. The summed E-state index contributed by atoms with van der Waals surface area (Å²) in [4.78, 5) is 0.0700. The zero-order chi connectivity index (χ0) is 12.5. The lowest BCUT2D eigenvalue weighted by molar-refractivity contribution is 0.402. The highest BCUT2D eigenvalue weighted by Crippen LogP contribution is 2.28. The second kappa shape index (κ2) is 4.64. The first kappa shape index (κ1) is 12.3. The molecule has 1 aromatic rings. The lowest BCUT2D eigenvalue weighted by Gasteiger charge is -2.12. The molecule has 0 saturated heterocycles. The zero-order valence-corrected chi connectivity index (χ0v) is 10.5. The number of nitrogens with two attached hydrogens (primary N) is 1. The van der Waals surface area contributed by atoms with Crippen molar-refractivity contribution in [2.24, 2.45) is 5.14 Å². The second-order valence-corrected chi connectivity index (χ2v) is 5.60. The minimum atomic E-state index is -3.74. The molecule has 1 aliphatic rings. The molecule has 2 rings (SSSR count). The predicted octanol–water partition coefficient (Wildman–Crippen LogP) is 0.0308. The van der Waals surface area contributed by atoms with E-state index in [1.165, 1.54) is 7.11 Å². The van der Waals surface area contributed by atoms with Crippen LogP contribution in [-0.4, -0.2) is 28.6 Å². The number of nitrogens with one attached hydrogen (secondary N) is 1. The van der Waals surface area contributed by atoms with Gasteiger partial charge < -0.3 is 10.1 Å². The van der Waals surface area contributed by atoms with Crippen LogP contribution in [-0.2, 0) is 22.9 Å². The van der Waals surface area contributed by atoms with Crippen molar-refractivity contribution in [3.05, 3.63) is 23.3 Å². The molecule has 3 N–H and O–H groups in total. The fraction of sp³-hybridized carbons (Fsp3) is 0.455. The molecular weight excluding hydrogens is 240 g/mol. The van der Waals surface area contributed by atoms with Crippen molar-refractivity contribution in [1.29, 1.82) is 0 Å². The monoisotopic (exact) mass is 256 g/mol. The highest BCUT2D eigenvalue weighted by atomic mass is 32.2. The summed E-state index contributed by atoms with van der Waals surface area (Å²) < 4.78 is 28.0. The molecule has 1 aromatic carbocycles. The molecule has 0 saturated carbocycles. The van der Waals surface area contributed by atoms with E-state index in [4.69, 9.17) is 9.88 Å². The third-order valence-corrected chi connectivity index (χ3v) is 3.87. The first-order chi connectivity index (χ1) is 8.02. The van der Waals surface area contributed by atoms with E-state index in [9.17, 15) is 8.42 Å². The Morgan fingerprint density at radius 2 is 1.82 bits per heavy atom. The van der Waals surface area contributed by atoms with E-state index in [2.05, 4.69) is 5.32 Å². The molecule has 6 heteroatoms. The van der Waals surface area contributed by atoms with Crippen molar-refractivity contribution < 1.29 is 13.2 Å². The van der Waals surface area contributed by atoms with Crippen LogP contribution in [0.25, 0.3) is 0 Å². The number of hydrogen-bond donors (Lipinski definition) is 2. The highest BCUT2D eigenvalue weighted by Gasteiger charge is 2.19. The van der Waals surface area contributed by atoms with Crippen LogP contribution in [0.2, 0.25) is 0 Å². The molecule has 0 fully saturated rings. The Hall–Kier alpha value is -1.11. The average Bonchev–Trinajstić information content (AvgIpc) is 2.50. The Labute approximate surface area is 101 Å². The number of benzene rings is 1. The van der Waals surface area contributed by atoms with Gasteiger partial charge >= 0.3 is 0 Å². The molecule has 17 heavy (non-hydrogen) atoms. The number of ether oxygens (including phenoxy) is 1. The van der Waals surface area contributed by atoms with Gasteiger partial charge in [-0.05, 0) is 49.2 Å². The molecule has 94 valence electrons. The molecule has 1 aliphatic heterocycles. The average molecular weight is 256 g/mol. The minimum absolute atomic E-state index is 0.0700. The van der Waals surface area contributed by atoms with Crippen LogP contribution < -0.4 is 15.2 Å². The minimum Gasteiger partial charge on any atom is -0.495 e. The smallest absolute Gasteiger partial charge is 0.241 e. The van der Waals surface area contributed by atoms with E-state index in [-0.39, 0.29) is 4.90 Å². The summed E-state index contributed by atoms with van der Waals surface area (Å²) in [6, 6.07) is 3.42. The van der Waals surface area contributed by atoms with Gasteiger partial charge in [0.15, 0.2) is 0 Å². The van der Waals surface area contributed by atoms with E-state index >= 15 is 0 Å². The molecule has 0 bridgehead atoms. The van der Waals surface area contributed by atoms with Crippen LogP contribution in [0.1, 0.15) is 11.1 Å². The van der Waals surface area contributed by atoms with Gasteiger partial charge in [-0.2, -0.15) is 0 Å². The number of methoxy groups -OCH3 is 1. The molecular formula is C11H16N2O3S. The highest BCUT2D eigenvalue weighted by molar-refractivity contribution is 7.89. The number of rotatable bonds is 2. The summed E-state index contributed by atoms with van der Waals surface area (Å²) in [6.45, 7) is 1.74. The Kier molecular flexibility index (Phi) is 3.37. The van der Waals surface area contributed by atoms with Gasteiger partial charge in [-0.25, -0.2) is 13.6 Å². The maximum Gasteiger partial charge on any atom is 0.241 e. The largest absolute Gasteiger partial charge is 0.495 e. The summed E-state index contributed by atoms with van der Waals surface area (Å²) in [5, 5.41) is 8.45. The third-order valence-electron chi connectivity index (χ3n) is 2.93. The fourth-order valence-electron chi connectivity index (χ4n) is 2.06. The standard InChI is InChI=1S/C11H16N2O3S/c1-16-10-6-8-2-4-13-5-3-9(8)7-11(10)17(12,14)15/h6-7,13H,2-5H2,1H3,(H2,12,14,15). The normalized spacial score (nSPS) is 16.1. The summed E-state index contributed by atoms with van der Waals surface area (Å²) in [5.74, 6) is 0.327. The Morgan fingerprint density at radius 3 is 2.35 bits per heavy atom. The van der Waals surface area contributed by atoms with Crippen LogP contribution in [0.3, 0.4) is 0 Å². The molecule has 0 unspecified atom stereocenters.